The second-order valence-electron chi connectivity index (χ2n) is 6.44. The lowest BCUT2D eigenvalue weighted by molar-refractivity contribution is -0.129. The van der Waals surface area contributed by atoms with E-state index in [0.717, 1.165) is 13.1 Å². The highest BCUT2D eigenvalue weighted by atomic mass is 32.1. The summed E-state index contributed by atoms with van der Waals surface area (Å²) in [6.45, 7) is 8.08. The van der Waals surface area contributed by atoms with Gasteiger partial charge in [0.2, 0.25) is 11.8 Å². The molecule has 2 unspecified atom stereocenters. The number of nitrogens with one attached hydrogen (secondary N) is 2. The summed E-state index contributed by atoms with van der Waals surface area (Å²) in [5.74, 6) is -0.213. The monoisotopic (exact) mass is 337 g/mol. The quantitative estimate of drug-likeness (QED) is 0.801. The molecule has 2 N–H and O–H groups in total. The first-order valence-electron chi connectivity index (χ1n) is 8.31. The van der Waals surface area contributed by atoms with Gasteiger partial charge < -0.3 is 10.6 Å². The molecule has 0 aromatic carbocycles. The highest BCUT2D eigenvalue weighted by Gasteiger charge is 2.27. The molecule has 1 aliphatic heterocycles. The van der Waals surface area contributed by atoms with Gasteiger partial charge in [-0.25, -0.2) is 0 Å². The van der Waals surface area contributed by atoms with Gasteiger partial charge in [-0.3, -0.25) is 14.5 Å². The molecule has 1 aromatic rings. The Morgan fingerprint density at radius 2 is 2.00 bits per heavy atom. The number of rotatable bonds is 7. The number of carbonyl (C=O) groups excluding carboxylic acids is 2. The van der Waals surface area contributed by atoms with Gasteiger partial charge >= 0.3 is 0 Å². The van der Waals surface area contributed by atoms with E-state index < -0.39 is 6.04 Å². The Labute approximate surface area is 142 Å². The zero-order valence-electron chi connectivity index (χ0n) is 14.2. The maximum absolute atomic E-state index is 12.5. The number of thiophene rings is 1. The third kappa shape index (κ3) is 5.04. The Balaban J connectivity index is 1.99. The molecule has 2 atom stereocenters. The van der Waals surface area contributed by atoms with Crippen LogP contribution in [0.2, 0.25) is 0 Å². The number of likely N-dealkylation sites (tertiary alicyclic amines) is 1. The van der Waals surface area contributed by atoms with Crippen LogP contribution in [-0.4, -0.2) is 42.4 Å². The van der Waals surface area contributed by atoms with Crippen LogP contribution in [0.5, 0.6) is 0 Å². The van der Waals surface area contributed by atoms with E-state index in [-0.39, 0.29) is 23.8 Å². The van der Waals surface area contributed by atoms with Crippen molar-refractivity contribution in [2.75, 3.05) is 19.6 Å². The fourth-order valence-corrected chi connectivity index (χ4v) is 3.87. The Bertz CT molecular complexity index is 510. The lowest BCUT2D eigenvalue weighted by Gasteiger charge is -2.28. The minimum absolute atomic E-state index is 0.0610. The molecule has 1 aromatic heterocycles. The van der Waals surface area contributed by atoms with Crippen LogP contribution in [0.25, 0.3) is 0 Å². The van der Waals surface area contributed by atoms with E-state index in [0.29, 0.717) is 6.54 Å². The molecule has 2 amide bonds. The van der Waals surface area contributed by atoms with Gasteiger partial charge in [-0.15, -0.1) is 11.3 Å². The van der Waals surface area contributed by atoms with Crippen molar-refractivity contribution < 1.29 is 9.59 Å². The molecule has 1 fully saturated rings. The van der Waals surface area contributed by atoms with E-state index in [9.17, 15) is 9.59 Å². The third-order valence-electron chi connectivity index (χ3n) is 4.23. The van der Waals surface area contributed by atoms with E-state index >= 15 is 0 Å². The molecule has 6 heteroatoms. The van der Waals surface area contributed by atoms with Crippen molar-refractivity contribution >= 4 is 23.2 Å². The van der Waals surface area contributed by atoms with Crippen molar-refractivity contribution in [1.29, 1.82) is 0 Å². The first-order chi connectivity index (χ1) is 11.0. The number of hydrogen-bond acceptors (Lipinski definition) is 4. The summed E-state index contributed by atoms with van der Waals surface area (Å²) in [4.78, 5) is 27.5. The van der Waals surface area contributed by atoms with Crippen LogP contribution < -0.4 is 10.6 Å². The van der Waals surface area contributed by atoms with Crippen LogP contribution in [0.4, 0.5) is 0 Å². The molecule has 0 radical (unpaired) electrons. The summed E-state index contributed by atoms with van der Waals surface area (Å²) >= 11 is 1.73. The summed E-state index contributed by atoms with van der Waals surface area (Å²) < 4.78 is 0. The SMILES string of the molecule is CC(=O)NC(C(=O)NCC(c1cccs1)N1CCCC1)C(C)C. The smallest absolute Gasteiger partial charge is 0.242 e. The molecule has 2 rings (SSSR count). The van der Waals surface area contributed by atoms with Crippen LogP contribution >= 0.6 is 11.3 Å². The third-order valence-corrected chi connectivity index (χ3v) is 5.20. The van der Waals surface area contributed by atoms with Crippen LogP contribution in [-0.2, 0) is 9.59 Å². The van der Waals surface area contributed by atoms with Gasteiger partial charge in [0.05, 0.1) is 6.04 Å². The van der Waals surface area contributed by atoms with Gasteiger partial charge in [-0.1, -0.05) is 19.9 Å². The van der Waals surface area contributed by atoms with Crippen LogP contribution in [0.15, 0.2) is 17.5 Å². The van der Waals surface area contributed by atoms with Gasteiger partial charge in [-0.2, -0.15) is 0 Å². The number of carbonyl (C=O) groups is 2. The van der Waals surface area contributed by atoms with Gasteiger partial charge in [0.15, 0.2) is 0 Å². The van der Waals surface area contributed by atoms with Crippen LogP contribution in [0.3, 0.4) is 0 Å². The number of hydrogen-bond donors (Lipinski definition) is 2. The van der Waals surface area contributed by atoms with E-state index in [4.69, 9.17) is 0 Å². The van der Waals surface area contributed by atoms with Gasteiger partial charge in [0.1, 0.15) is 6.04 Å². The molecule has 0 bridgehead atoms. The topological polar surface area (TPSA) is 61.4 Å². The van der Waals surface area contributed by atoms with Gasteiger partial charge in [0, 0.05) is 18.3 Å². The van der Waals surface area contributed by atoms with Gasteiger partial charge in [0.25, 0.3) is 0 Å². The predicted molar refractivity (Wildman–Crippen MR) is 93.3 cm³/mol. The standard InChI is InChI=1S/C17H27N3O2S/c1-12(2)16(19-13(3)21)17(22)18-11-14(15-7-6-10-23-15)20-8-4-5-9-20/h6-7,10,12,14,16H,4-5,8-9,11H2,1-3H3,(H,18,22)(H,19,21). The molecule has 0 aliphatic carbocycles. The molecule has 1 aliphatic rings. The second-order valence-corrected chi connectivity index (χ2v) is 7.42. The fraction of sp³-hybridized carbons (Fsp3) is 0.647. The van der Waals surface area contributed by atoms with Crippen molar-refractivity contribution in [1.82, 2.24) is 15.5 Å². The van der Waals surface area contributed by atoms with E-state index in [1.165, 1.54) is 24.6 Å². The van der Waals surface area contributed by atoms with Crippen LogP contribution in [0.1, 0.15) is 44.5 Å². The average molecular weight is 337 g/mol. The Morgan fingerprint density at radius 3 is 2.52 bits per heavy atom. The minimum Gasteiger partial charge on any atom is -0.352 e. The summed E-state index contributed by atoms with van der Waals surface area (Å²) in [5.41, 5.74) is 0. The first-order valence-corrected chi connectivity index (χ1v) is 9.19. The highest BCUT2D eigenvalue weighted by molar-refractivity contribution is 7.10. The predicted octanol–water partition coefficient (Wildman–Crippen LogP) is 2.16. The lowest BCUT2D eigenvalue weighted by atomic mass is 10.0. The molecule has 5 nitrogen and oxygen atoms in total. The van der Waals surface area contributed by atoms with E-state index in [1.54, 1.807) is 11.3 Å². The van der Waals surface area contributed by atoms with Crippen molar-refractivity contribution in [2.24, 2.45) is 5.92 Å². The first kappa shape index (κ1) is 17.9. The maximum atomic E-state index is 12.5. The second kappa shape index (κ2) is 8.45. The summed E-state index contributed by atoms with van der Waals surface area (Å²) in [6.07, 6.45) is 2.44. The lowest BCUT2D eigenvalue weighted by Crippen LogP contribution is -2.50. The maximum Gasteiger partial charge on any atom is 0.242 e. The minimum atomic E-state index is -0.477. The molecular formula is C17H27N3O2S. The normalized spacial score (nSPS) is 17.9. The van der Waals surface area contributed by atoms with E-state index in [1.807, 2.05) is 13.8 Å². The summed E-state index contributed by atoms with van der Waals surface area (Å²) in [6, 6.07) is 3.94. The summed E-state index contributed by atoms with van der Waals surface area (Å²) in [5, 5.41) is 7.87. The van der Waals surface area contributed by atoms with Crippen molar-refractivity contribution in [3.8, 4) is 0 Å². The fourth-order valence-electron chi connectivity index (χ4n) is 3.00. The molecule has 0 saturated carbocycles. The Hall–Kier alpha value is -1.40. The van der Waals surface area contributed by atoms with E-state index in [2.05, 4.69) is 33.0 Å². The van der Waals surface area contributed by atoms with Crippen LogP contribution in [0, 0.1) is 5.92 Å². The zero-order chi connectivity index (χ0) is 16.8. The highest BCUT2D eigenvalue weighted by Crippen LogP contribution is 2.27. The molecular weight excluding hydrogens is 310 g/mol. The zero-order valence-corrected chi connectivity index (χ0v) is 15.0. The Kier molecular flexibility index (Phi) is 6.59. The van der Waals surface area contributed by atoms with Crippen molar-refractivity contribution in [3.63, 3.8) is 0 Å². The number of nitrogens with zero attached hydrogens (tertiary/aromatic N) is 1. The molecule has 2 heterocycles. The molecule has 1 saturated heterocycles. The summed E-state index contributed by atoms with van der Waals surface area (Å²) in [7, 11) is 0. The molecule has 128 valence electrons. The Morgan fingerprint density at radius 1 is 1.30 bits per heavy atom. The van der Waals surface area contributed by atoms with Gasteiger partial charge in [-0.05, 0) is 43.3 Å². The molecule has 0 spiro atoms. The number of amides is 2. The van der Waals surface area contributed by atoms with Crippen molar-refractivity contribution in [3.05, 3.63) is 22.4 Å². The van der Waals surface area contributed by atoms with Crippen molar-refractivity contribution in [2.45, 2.75) is 45.7 Å². The average Bonchev–Trinajstić information content (AvgIpc) is 3.17. The largest absolute Gasteiger partial charge is 0.352 e. The molecule has 23 heavy (non-hydrogen) atoms.